The molecular formula is C57H109NO5. The van der Waals surface area contributed by atoms with Crippen LogP contribution in [0.15, 0.2) is 24.3 Å². The number of hydrogen-bond acceptors (Lipinski definition) is 5. The molecule has 0 aromatic carbocycles. The van der Waals surface area contributed by atoms with Gasteiger partial charge in [0.1, 0.15) is 0 Å². The highest BCUT2D eigenvalue weighted by molar-refractivity contribution is 5.76. The highest BCUT2D eigenvalue weighted by Gasteiger charge is 2.20. The van der Waals surface area contributed by atoms with E-state index in [1.54, 1.807) is 0 Å². The maximum absolute atomic E-state index is 12.4. The summed E-state index contributed by atoms with van der Waals surface area (Å²) in [7, 11) is 0. The molecule has 0 aliphatic heterocycles. The van der Waals surface area contributed by atoms with Crippen molar-refractivity contribution in [2.24, 2.45) is 0 Å². The van der Waals surface area contributed by atoms with E-state index < -0.39 is 12.1 Å². The molecule has 0 aliphatic rings. The van der Waals surface area contributed by atoms with Gasteiger partial charge >= 0.3 is 5.97 Å². The van der Waals surface area contributed by atoms with Gasteiger partial charge in [0.15, 0.2) is 0 Å². The summed E-state index contributed by atoms with van der Waals surface area (Å²) in [6.45, 7) is 4.93. The fourth-order valence-electron chi connectivity index (χ4n) is 8.63. The van der Waals surface area contributed by atoms with Crippen LogP contribution in [-0.4, -0.2) is 47.4 Å². The Bertz CT molecular complexity index is 982. The van der Waals surface area contributed by atoms with E-state index in [-0.39, 0.29) is 18.5 Å². The first-order valence-electron chi connectivity index (χ1n) is 28.1. The molecule has 1 amide bonds. The smallest absolute Gasteiger partial charge is 0.305 e. The number of allylic oxidation sites excluding steroid dienone is 4. The number of unbranched alkanes of at least 4 members (excludes halogenated alkanes) is 37. The third-order valence-corrected chi connectivity index (χ3v) is 13.0. The van der Waals surface area contributed by atoms with E-state index in [2.05, 4.69) is 43.5 Å². The monoisotopic (exact) mass is 888 g/mol. The molecule has 0 radical (unpaired) electrons. The van der Waals surface area contributed by atoms with E-state index in [1.807, 2.05) is 0 Å². The number of amides is 1. The van der Waals surface area contributed by atoms with E-state index in [0.29, 0.717) is 25.9 Å². The molecule has 0 saturated heterocycles. The molecule has 2 atom stereocenters. The highest BCUT2D eigenvalue weighted by Crippen LogP contribution is 2.16. The molecule has 63 heavy (non-hydrogen) atoms. The number of esters is 1. The quantitative estimate of drug-likeness (QED) is 0.0321. The number of carbonyl (C=O) groups excluding carboxylic acids is 2. The molecule has 3 N–H and O–H groups in total. The average Bonchev–Trinajstić information content (AvgIpc) is 3.28. The van der Waals surface area contributed by atoms with Crippen molar-refractivity contribution in [2.75, 3.05) is 13.2 Å². The fourth-order valence-corrected chi connectivity index (χ4v) is 8.63. The predicted octanol–water partition coefficient (Wildman–Crippen LogP) is 17.1. The van der Waals surface area contributed by atoms with Gasteiger partial charge in [0.05, 0.1) is 25.4 Å². The Labute approximate surface area is 392 Å². The van der Waals surface area contributed by atoms with Crippen LogP contribution in [0, 0.1) is 0 Å². The number of aliphatic hydroxyl groups is 2. The van der Waals surface area contributed by atoms with Gasteiger partial charge in [0.25, 0.3) is 0 Å². The summed E-state index contributed by atoms with van der Waals surface area (Å²) in [5.74, 6) is -0.0491. The molecule has 0 aliphatic carbocycles. The van der Waals surface area contributed by atoms with Crippen molar-refractivity contribution in [1.29, 1.82) is 0 Å². The molecule has 0 rings (SSSR count). The molecule has 0 saturated carbocycles. The Kier molecular flexibility index (Phi) is 51.6. The minimum atomic E-state index is -0.669. The Hall–Kier alpha value is -1.66. The van der Waals surface area contributed by atoms with E-state index in [1.165, 1.54) is 225 Å². The molecule has 0 aromatic heterocycles. The zero-order valence-electron chi connectivity index (χ0n) is 42.3. The molecule has 0 heterocycles. The van der Waals surface area contributed by atoms with Gasteiger partial charge < -0.3 is 20.3 Å². The van der Waals surface area contributed by atoms with Gasteiger partial charge in [-0.05, 0) is 77.0 Å². The van der Waals surface area contributed by atoms with Gasteiger partial charge in [-0.15, -0.1) is 0 Å². The second-order valence-electron chi connectivity index (χ2n) is 19.3. The maximum atomic E-state index is 12.4. The summed E-state index contributed by atoms with van der Waals surface area (Å²) >= 11 is 0. The van der Waals surface area contributed by atoms with Gasteiger partial charge in [-0.1, -0.05) is 237 Å². The SMILES string of the molecule is CCCCCCC/C=C\CCCCCCCC(=O)OCCCCCCCCCC/C=C\CCCCCCCCCC(=O)NC(CO)C(O)CCCCCCCCCCCCCCC. The summed E-state index contributed by atoms with van der Waals surface area (Å²) in [5, 5.41) is 23.2. The van der Waals surface area contributed by atoms with Crippen LogP contribution in [0.2, 0.25) is 0 Å². The van der Waals surface area contributed by atoms with Crippen LogP contribution in [0.4, 0.5) is 0 Å². The topological polar surface area (TPSA) is 95.9 Å². The molecule has 0 spiro atoms. The third kappa shape index (κ3) is 49.6. The van der Waals surface area contributed by atoms with E-state index in [4.69, 9.17) is 4.74 Å². The first kappa shape index (κ1) is 61.3. The summed E-state index contributed by atoms with van der Waals surface area (Å²) in [6, 6.07) is -0.548. The second-order valence-corrected chi connectivity index (χ2v) is 19.3. The van der Waals surface area contributed by atoms with Crippen molar-refractivity contribution in [1.82, 2.24) is 5.32 Å². The van der Waals surface area contributed by atoms with Crippen molar-refractivity contribution in [2.45, 2.75) is 315 Å². The Balaban J connectivity index is 3.44. The maximum Gasteiger partial charge on any atom is 0.305 e. The normalized spacial score (nSPS) is 12.8. The molecule has 6 nitrogen and oxygen atoms in total. The number of rotatable bonds is 52. The predicted molar refractivity (Wildman–Crippen MR) is 273 cm³/mol. The van der Waals surface area contributed by atoms with Gasteiger partial charge in [0.2, 0.25) is 5.91 Å². The molecule has 372 valence electrons. The minimum Gasteiger partial charge on any atom is -0.466 e. The Morgan fingerprint density at radius 2 is 0.746 bits per heavy atom. The largest absolute Gasteiger partial charge is 0.466 e. The zero-order valence-corrected chi connectivity index (χ0v) is 42.3. The number of aliphatic hydroxyl groups excluding tert-OH is 2. The van der Waals surface area contributed by atoms with Gasteiger partial charge in [-0.25, -0.2) is 0 Å². The molecule has 0 aromatic rings. The van der Waals surface area contributed by atoms with Crippen LogP contribution in [-0.2, 0) is 14.3 Å². The number of carbonyl (C=O) groups is 2. The first-order chi connectivity index (χ1) is 31.0. The van der Waals surface area contributed by atoms with E-state index >= 15 is 0 Å². The minimum absolute atomic E-state index is 0.00460. The van der Waals surface area contributed by atoms with Gasteiger partial charge in [-0.2, -0.15) is 0 Å². The van der Waals surface area contributed by atoms with Crippen molar-refractivity contribution in [3.8, 4) is 0 Å². The van der Waals surface area contributed by atoms with Crippen LogP contribution in [0.3, 0.4) is 0 Å². The lowest BCUT2D eigenvalue weighted by molar-refractivity contribution is -0.143. The fraction of sp³-hybridized carbons (Fsp3) is 0.895. The van der Waals surface area contributed by atoms with Crippen molar-refractivity contribution in [3.05, 3.63) is 24.3 Å². The lowest BCUT2D eigenvalue weighted by Crippen LogP contribution is -2.45. The summed E-state index contributed by atoms with van der Waals surface area (Å²) in [5.41, 5.74) is 0. The number of hydrogen-bond donors (Lipinski definition) is 3. The van der Waals surface area contributed by atoms with Crippen LogP contribution >= 0.6 is 0 Å². The molecular weight excluding hydrogens is 779 g/mol. The van der Waals surface area contributed by atoms with Crippen LogP contribution in [0.1, 0.15) is 303 Å². The van der Waals surface area contributed by atoms with E-state index in [9.17, 15) is 19.8 Å². The van der Waals surface area contributed by atoms with Gasteiger partial charge in [0, 0.05) is 12.8 Å². The number of ether oxygens (including phenoxy) is 1. The molecule has 0 fully saturated rings. The molecule has 6 heteroatoms. The van der Waals surface area contributed by atoms with E-state index in [0.717, 1.165) is 44.9 Å². The standard InChI is InChI=1S/C57H109NO5/c1-3-5-7-9-11-13-15-17-27-31-35-39-43-47-51-57(62)63-52-48-44-40-36-32-28-24-22-20-18-19-21-23-26-30-34-38-42-46-50-56(61)58-54(53-59)55(60)49-45-41-37-33-29-25-16-14-12-10-8-6-4-2/h15,17-19,54-55,59-60H,3-14,16,20-53H2,1-2H3,(H,58,61)/b17-15-,19-18-. The van der Waals surface area contributed by atoms with Crippen molar-refractivity contribution < 1.29 is 24.5 Å². The average molecular weight is 889 g/mol. The zero-order chi connectivity index (χ0) is 45.8. The summed E-state index contributed by atoms with van der Waals surface area (Å²) < 4.78 is 5.46. The first-order valence-corrected chi connectivity index (χ1v) is 28.1. The Morgan fingerprint density at radius 1 is 0.429 bits per heavy atom. The summed E-state index contributed by atoms with van der Waals surface area (Å²) in [6.07, 6.45) is 63.0. The van der Waals surface area contributed by atoms with Crippen LogP contribution in [0.25, 0.3) is 0 Å². The van der Waals surface area contributed by atoms with Crippen molar-refractivity contribution >= 4 is 11.9 Å². The molecule has 0 bridgehead atoms. The van der Waals surface area contributed by atoms with Gasteiger partial charge in [-0.3, -0.25) is 9.59 Å². The lowest BCUT2D eigenvalue weighted by Gasteiger charge is -2.22. The van der Waals surface area contributed by atoms with Crippen molar-refractivity contribution in [3.63, 3.8) is 0 Å². The molecule has 2 unspecified atom stereocenters. The lowest BCUT2D eigenvalue weighted by atomic mass is 10.0. The highest BCUT2D eigenvalue weighted by atomic mass is 16.5. The van der Waals surface area contributed by atoms with Crippen LogP contribution < -0.4 is 5.32 Å². The van der Waals surface area contributed by atoms with Crippen LogP contribution in [0.5, 0.6) is 0 Å². The number of nitrogens with one attached hydrogen (secondary N) is 1. The second kappa shape index (κ2) is 53.0. The third-order valence-electron chi connectivity index (χ3n) is 13.0. The summed E-state index contributed by atoms with van der Waals surface area (Å²) in [4.78, 5) is 24.5. The Morgan fingerprint density at radius 3 is 1.13 bits per heavy atom.